The highest BCUT2D eigenvalue weighted by Gasteiger charge is 2.26. The van der Waals surface area contributed by atoms with Gasteiger partial charge in [-0.25, -0.2) is 0 Å². The van der Waals surface area contributed by atoms with Crippen LogP contribution >= 0.6 is 11.6 Å². The van der Waals surface area contributed by atoms with Crippen LogP contribution in [0.2, 0.25) is 5.22 Å². The lowest BCUT2D eigenvalue weighted by Crippen LogP contribution is -2.23. The molecule has 2 N–H and O–H groups in total. The lowest BCUT2D eigenvalue weighted by Gasteiger charge is -2.24. The van der Waals surface area contributed by atoms with Gasteiger partial charge in [0.25, 0.3) is 0 Å². The van der Waals surface area contributed by atoms with E-state index >= 15 is 0 Å². The highest BCUT2D eigenvalue weighted by Crippen LogP contribution is 2.35. The van der Waals surface area contributed by atoms with Gasteiger partial charge in [0.15, 0.2) is 5.22 Å². The number of hydrogen-bond acceptors (Lipinski definition) is 2. The summed E-state index contributed by atoms with van der Waals surface area (Å²) in [6.07, 6.45) is 2.06. The van der Waals surface area contributed by atoms with Crippen LogP contribution in [0.1, 0.15) is 30.7 Å². The maximum atomic E-state index is 5.98. The predicted octanol–water partition coefficient (Wildman–Crippen LogP) is 2.52. The van der Waals surface area contributed by atoms with Crippen LogP contribution in [0, 0.1) is 5.92 Å². The Kier molecular flexibility index (Phi) is 1.89. The Bertz CT molecular complexity index is 295. The Morgan fingerprint density at radius 3 is 3.17 bits per heavy atom. The molecule has 1 heterocycles. The fraction of sp³-hybridized carbons (Fsp3) is 0.556. The van der Waals surface area contributed by atoms with Crippen LogP contribution in [-0.2, 0) is 6.42 Å². The Hall–Kier alpha value is -0.470. The first-order valence-corrected chi connectivity index (χ1v) is 4.60. The molecule has 0 amide bonds. The average Bonchev–Trinajstić information content (AvgIpc) is 2.39. The second-order valence-corrected chi connectivity index (χ2v) is 3.84. The van der Waals surface area contributed by atoms with Crippen molar-refractivity contribution in [3.63, 3.8) is 0 Å². The molecule has 2 nitrogen and oxygen atoms in total. The van der Waals surface area contributed by atoms with Crippen molar-refractivity contribution in [2.45, 2.75) is 25.8 Å². The summed E-state index contributed by atoms with van der Waals surface area (Å²) in [5.74, 6) is 1.51. The van der Waals surface area contributed by atoms with E-state index in [2.05, 4.69) is 6.92 Å². The van der Waals surface area contributed by atoms with Crippen LogP contribution in [0.5, 0.6) is 0 Å². The summed E-state index contributed by atoms with van der Waals surface area (Å²) in [5, 5.41) is 0.463. The number of furan rings is 1. The first-order chi connectivity index (χ1) is 5.68. The monoisotopic (exact) mass is 185 g/mol. The molecule has 1 aromatic heterocycles. The maximum Gasteiger partial charge on any atom is 0.193 e. The molecule has 0 aliphatic heterocycles. The molecular formula is C9H12ClNO. The van der Waals surface area contributed by atoms with Crippen molar-refractivity contribution in [3.05, 3.63) is 22.6 Å². The summed E-state index contributed by atoms with van der Waals surface area (Å²) in [5.41, 5.74) is 7.08. The normalized spacial score (nSPS) is 28.6. The van der Waals surface area contributed by atoms with Crippen LogP contribution in [0.3, 0.4) is 0 Å². The second-order valence-electron chi connectivity index (χ2n) is 3.47. The third kappa shape index (κ3) is 1.15. The fourth-order valence-electron chi connectivity index (χ4n) is 1.73. The van der Waals surface area contributed by atoms with Gasteiger partial charge in [-0.3, -0.25) is 0 Å². The molecule has 2 unspecified atom stereocenters. The van der Waals surface area contributed by atoms with E-state index in [0.29, 0.717) is 11.1 Å². The van der Waals surface area contributed by atoms with Gasteiger partial charge in [0.1, 0.15) is 5.76 Å². The quantitative estimate of drug-likeness (QED) is 0.675. The Labute approximate surface area is 76.7 Å². The van der Waals surface area contributed by atoms with Crippen molar-refractivity contribution in [2.75, 3.05) is 0 Å². The molecule has 0 aromatic carbocycles. The van der Waals surface area contributed by atoms with Gasteiger partial charge in [-0.15, -0.1) is 0 Å². The van der Waals surface area contributed by atoms with Crippen LogP contribution in [0.25, 0.3) is 0 Å². The standard InChI is InChI=1S/C9H12ClNO/c1-5-2-3-7-6(9(5)11)4-8(10)12-7/h4-5,9H,2-3,11H2,1H3. The van der Waals surface area contributed by atoms with Gasteiger partial charge in [-0.05, 0) is 23.9 Å². The molecule has 66 valence electrons. The SMILES string of the molecule is CC1CCc2oc(Cl)cc2C1N. The second kappa shape index (κ2) is 2.79. The van der Waals surface area contributed by atoms with Crippen LogP contribution in [0.4, 0.5) is 0 Å². The van der Waals surface area contributed by atoms with E-state index in [-0.39, 0.29) is 6.04 Å². The summed E-state index contributed by atoms with van der Waals surface area (Å²) < 4.78 is 5.31. The molecule has 12 heavy (non-hydrogen) atoms. The Morgan fingerprint density at radius 2 is 2.42 bits per heavy atom. The molecule has 0 saturated carbocycles. The van der Waals surface area contributed by atoms with Crippen LogP contribution in [0.15, 0.2) is 10.5 Å². The molecule has 1 aromatic rings. The minimum atomic E-state index is 0.102. The first kappa shape index (κ1) is 8.14. The van der Waals surface area contributed by atoms with Crippen LogP contribution < -0.4 is 5.73 Å². The lowest BCUT2D eigenvalue weighted by atomic mass is 9.85. The first-order valence-electron chi connectivity index (χ1n) is 4.22. The Balaban J connectivity index is 2.41. The summed E-state index contributed by atoms with van der Waals surface area (Å²) in [4.78, 5) is 0. The number of nitrogens with two attached hydrogens (primary N) is 1. The van der Waals surface area contributed by atoms with E-state index in [1.807, 2.05) is 6.07 Å². The molecule has 1 aliphatic carbocycles. The van der Waals surface area contributed by atoms with Gasteiger partial charge < -0.3 is 10.2 Å². The van der Waals surface area contributed by atoms with Gasteiger partial charge in [-0.1, -0.05) is 6.92 Å². The van der Waals surface area contributed by atoms with Gasteiger partial charge >= 0.3 is 0 Å². The lowest BCUT2D eigenvalue weighted by molar-refractivity contribution is 0.372. The number of halogens is 1. The van der Waals surface area contributed by atoms with Crippen molar-refractivity contribution in [1.29, 1.82) is 0 Å². The van der Waals surface area contributed by atoms with Gasteiger partial charge in [0.05, 0.1) is 0 Å². The highest BCUT2D eigenvalue weighted by atomic mass is 35.5. The maximum absolute atomic E-state index is 5.98. The molecule has 0 fully saturated rings. The highest BCUT2D eigenvalue weighted by molar-refractivity contribution is 6.28. The van der Waals surface area contributed by atoms with E-state index in [9.17, 15) is 0 Å². The molecule has 0 radical (unpaired) electrons. The largest absolute Gasteiger partial charge is 0.449 e. The van der Waals surface area contributed by atoms with Gasteiger partial charge in [0.2, 0.25) is 0 Å². The van der Waals surface area contributed by atoms with Crippen molar-refractivity contribution < 1.29 is 4.42 Å². The van der Waals surface area contributed by atoms with Gasteiger partial charge in [-0.2, -0.15) is 0 Å². The number of hydrogen-bond donors (Lipinski definition) is 1. The van der Waals surface area contributed by atoms with Crippen molar-refractivity contribution in [3.8, 4) is 0 Å². The van der Waals surface area contributed by atoms with E-state index in [1.165, 1.54) is 0 Å². The van der Waals surface area contributed by atoms with E-state index in [4.69, 9.17) is 21.8 Å². The zero-order valence-corrected chi connectivity index (χ0v) is 7.77. The molecule has 0 spiro atoms. The minimum absolute atomic E-state index is 0.102. The third-order valence-corrected chi connectivity index (χ3v) is 2.80. The summed E-state index contributed by atoms with van der Waals surface area (Å²) >= 11 is 5.74. The molecule has 0 bridgehead atoms. The molecule has 1 aliphatic rings. The van der Waals surface area contributed by atoms with Gasteiger partial charge in [0, 0.05) is 24.1 Å². The molecule has 3 heteroatoms. The topological polar surface area (TPSA) is 39.2 Å². The fourth-order valence-corrected chi connectivity index (χ4v) is 1.94. The summed E-state index contributed by atoms with van der Waals surface area (Å²) in [6, 6.07) is 1.95. The number of aryl methyl sites for hydroxylation is 1. The number of fused-ring (bicyclic) bond motifs is 1. The molecule has 2 atom stereocenters. The zero-order valence-electron chi connectivity index (χ0n) is 7.01. The Morgan fingerprint density at radius 1 is 1.67 bits per heavy atom. The smallest absolute Gasteiger partial charge is 0.193 e. The summed E-state index contributed by atoms with van der Waals surface area (Å²) in [6.45, 7) is 2.16. The average molecular weight is 186 g/mol. The number of rotatable bonds is 0. The molecule has 2 rings (SSSR count). The van der Waals surface area contributed by atoms with E-state index < -0.39 is 0 Å². The van der Waals surface area contributed by atoms with Crippen molar-refractivity contribution >= 4 is 11.6 Å². The van der Waals surface area contributed by atoms with Crippen LogP contribution in [-0.4, -0.2) is 0 Å². The zero-order chi connectivity index (χ0) is 8.72. The van der Waals surface area contributed by atoms with E-state index in [0.717, 1.165) is 24.2 Å². The van der Waals surface area contributed by atoms with E-state index in [1.54, 1.807) is 0 Å². The predicted molar refractivity (Wildman–Crippen MR) is 48.1 cm³/mol. The molecule has 0 saturated heterocycles. The summed E-state index contributed by atoms with van der Waals surface area (Å²) in [7, 11) is 0. The molecular weight excluding hydrogens is 174 g/mol. The minimum Gasteiger partial charge on any atom is -0.449 e. The van der Waals surface area contributed by atoms with Crippen molar-refractivity contribution in [2.24, 2.45) is 11.7 Å². The third-order valence-electron chi connectivity index (χ3n) is 2.61. The van der Waals surface area contributed by atoms with Crippen molar-refractivity contribution in [1.82, 2.24) is 0 Å².